The van der Waals surface area contributed by atoms with E-state index in [1.54, 1.807) is 0 Å². The molecule has 1 aliphatic rings. The van der Waals surface area contributed by atoms with Crippen LogP contribution in [-0.4, -0.2) is 24.2 Å². The molecule has 1 saturated heterocycles. The van der Waals surface area contributed by atoms with Crippen LogP contribution in [0.2, 0.25) is 0 Å². The summed E-state index contributed by atoms with van der Waals surface area (Å²) in [5, 5.41) is 4.44. The molecule has 0 aliphatic carbocycles. The van der Waals surface area contributed by atoms with E-state index in [4.69, 9.17) is 4.74 Å². The Morgan fingerprint density at radius 1 is 1.31 bits per heavy atom. The summed E-state index contributed by atoms with van der Waals surface area (Å²) in [5.41, 5.74) is 2.47. The maximum absolute atomic E-state index is 5.82. The summed E-state index contributed by atoms with van der Waals surface area (Å²) in [5.74, 6) is 0.973. The predicted octanol–water partition coefficient (Wildman–Crippen LogP) is 2.08. The van der Waals surface area contributed by atoms with E-state index >= 15 is 0 Å². The third kappa shape index (κ3) is 1.67. The van der Waals surface area contributed by atoms with Gasteiger partial charge >= 0.3 is 0 Å². The molecule has 0 amide bonds. The van der Waals surface area contributed by atoms with Gasteiger partial charge in [0.2, 0.25) is 0 Å². The molecule has 0 radical (unpaired) electrons. The van der Waals surface area contributed by atoms with Crippen LogP contribution in [0, 0.1) is 0 Å². The van der Waals surface area contributed by atoms with Crippen LogP contribution in [0.15, 0.2) is 24.3 Å². The molecule has 3 heteroatoms. The van der Waals surface area contributed by atoms with Crippen molar-refractivity contribution in [2.45, 2.75) is 19.4 Å². The van der Waals surface area contributed by atoms with E-state index in [0.717, 1.165) is 25.3 Å². The van der Waals surface area contributed by atoms with E-state index in [0.29, 0.717) is 6.10 Å². The normalized spacial score (nSPS) is 16.3. The van der Waals surface area contributed by atoms with Crippen molar-refractivity contribution >= 4 is 10.9 Å². The molecule has 0 bridgehead atoms. The molecule has 16 heavy (non-hydrogen) atoms. The zero-order valence-electron chi connectivity index (χ0n) is 9.42. The first-order valence-electron chi connectivity index (χ1n) is 5.84. The number of aryl methyl sites for hydroxylation is 1. The lowest BCUT2D eigenvalue weighted by Gasteiger charge is -2.27. The molecule has 84 valence electrons. The molecule has 0 saturated carbocycles. The fourth-order valence-electron chi connectivity index (χ4n) is 1.97. The van der Waals surface area contributed by atoms with E-state index in [-0.39, 0.29) is 0 Å². The molecule has 1 fully saturated rings. The van der Waals surface area contributed by atoms with Crippen LogP contribution in [-0.2, 0) is 6.42 Å². The van der Waals surface area contributed by atoms with Crippen molar-refractivity contribution in [3.63, 3.8) is 0 Å². The minimum absolute atomic E-state index is 0.349. The summed E-state index contributed by atoms with van der Waals surface area (Å²) in [6.07, 6.45) is 1.39. The first-order chi connectivity index (χ1) is 7.85. The lowest BCUT2D eigenvalue weighted by atomic mass is 10.2. The highest BCUT2D eigenvalue weighted by Gasteiger charge is 2.18. The van der Waals surface area contributed by atoms with Crippen molar-refractivity contribution in [1.82, 2.24) is 10.3 Å². The van der Waals surface area contributed by atoms with Crippen LogP contribution in [0.1, 0.15) is 12.6 Å². The molecule has 1 aliphatic heterocycles. The Labute approximate surface area is 94.8 Å². The van der Waals surface area contributed by atoms with Crippen LogP contribution >= 0.6 is 0 Å². The van der Waals surface area contributed by atoms with E-state index in [1.807, 2.05) is 6.07 Å². The van der Waals surface area contributed by atoms with Crippen molar-refractivity contribution in [2.75, 3.05) is 13.1 Å². The van der Waals surface area contributed by atoms with Gasteiger partial charge in [0.15, 0.2) is 0 Å². The van der Waals surface area contributed by atoms with Crippen LogP contribution in [0.4, 0.5) is 0 Å². The number of rotatable bonds is 3. The van der Waals surface area contributed by atoms with Gasteiger partial charge in [0.05, 0.1) is 0 Å². The SMILES string of the molecule is CCc1cc2cc(OC3CNC3)ccc2[nH]1. The van der Waals surface area contributed by atoms with E-state index in [9.17, 15) is 0 Å². The number of H-pyrrole nitrogens is 1. The van der Waals surface area contributed by atoms with Gasteiger partial charge in [-0.25, -0.2) is 0 Å². The van der Waals surface area contributed by atoms with Gasteiger partial charge in [-0.2, -0.15) is 0 Å². The lowest BCUT2D eigenvalue weighted by Crippen LogP contribution is -2.50. The van der Waals surface area contributed by atoms with Crippen molar-refractivity contribution in [3.05, 3.63) is 30.0 Å². The minimum atomic E-state index is 0.349. The number of nitrogens with one attached hydrogen (secondary N) is 2. The Balaban J connectivity index is 1.88. The zero-order chi connectivity index (χ0) is 11.0. The topological polar surface area (TPSA) is 37.0 Å². The monoisotopic (exact) mass is 216 g/mol. The number of benzene rings is 1. The molecule has 1 aromatic heterocycles. The smallest absolute Gasteiger partial charge is 0.123 e. The summed E-state index contributed by atoms with van der Waals surface area (Å²) in [6.45, 7) is 4.08. The van der Waals surface area contributed by atoms with E-state index in [1.165, 1.54) is 16.6 Å². The molecule has 0 atom stereocenters. The summed E-state index contributed by atoms with van der Waals surface area (Å²) >= 11 is 0. The highest BCUT2D eigenvalue weighted by atomic mass is 16.5. The van der Waals surface area contributed by atoms with Gasteiger partial charge in [-0.3, -0.25) is 0 Å². The Hall–Kier alpha value is -1.48. The second-order valence-corrected chi connectivity index (χ2v) is 4.30. The first kappa shape index (κ1) is 9.73. The van der Waals surface area contributed by atoms with Gasteiger partial charge in [0.1, 0.15) is 11.9 Å². The number of fused-ring (bicyclic) bond motifs is 1. The van der Waals surface area contributed by atoms with Gasteiger partial charge in [-0.1, -0.05) is 6.92 Å². The van der Waals surface area contributed by atoms with Gasteiger partial charge in [0.25, 0.3) is 0 Å². The first-order valence-corrected chi connectivity index (χ1v) is 5.84. The standard InChI is InChI=1S/C13H16N2O/c1-2-10-5-9-6-11(3-4-13(9)15-10)16-12-7-14-8-12/h3-6,12,14-15H,2,7-8H2,1H3. The number of hydrogen-bond donors (Lipinski definition) is 2. The summed E-state index contributed by atoms with van der Waals surface area (Å²) < 4.78 is 5.82. The van der Waals surface area contributed by atoms with Crippen molar-refractivity contribution in [2.24, 2.45) is 0 Å². The Morgan fingerprint density at radius 2 is 2.19 bits per heavy atom. The predicted molar refractivity (Wildman–Crippen MR) is 65.0 cm³/mol. The van der Waals surface area contributed by atoms with Gasteiger partial charge in [0, 0.05) is 29.7 Å². The minimum Gasteiger partial charge on any atom is -0.488 e. The average molecular weight is 216 g/mol. The van der Waals surface area contributed by atoms with Crippen molar-refractivity contribution in [1.29, 1.82) is 0 Å². The molecule has 0 unspecified atom stereocenters. The van der Waals surface area contributed by atoms with Crippen LogP contribution < -0.4 is 10.1 Å². The summed E-state index contributed by atoms with van der Waals surface area (Å²) in [6, 6.07) is 8.44. The molecule has 1 aromatic carbocycles. The van der Waals surface area contributed by atoms with Crippen LogP contribution in [0.3, 0.4) is 0 Å². The Bertz CT molecular complexity index is 500. The second kappa shape index (κ2) is 3.83. The highest BCUT2D eigenvalue weighted by Crippen LogP contribution is 2.23. The molecular formula is C13H16N2O. The Morgan fingerprint density at radius 3 is 2.88 bits per heavy atom. The maximum Gasteiger partial charge on any atom is 0.123 e. The number of aromatic nitrogens is 1. The highest BCUT2D eigenvalue weighted by molar-refractivity contribution is 5.81. The molecule has 0 spiro atoms. The molecular weight excluding hydrogens is 200 g/mol. The third-order valence-electron chi connectivity index (χ3n) is 3.08. The van der Waals surface area contributed by atoms with Crippen LogP contribution in [0.5, 0.6) is 5.75 Å². The van der Waals surface area contributed by atoms with Crippen molar-refractivity contribution < 1.29 is 4.74 Å². The zero-order valence-corrected chi connectivity index (χ0v) is 9.42. The number of aromatic amines is 1. The molecule has 2 heterocycles. The molecule has 3 nitrogen and oxygen atoms in total. The van der Waals surface area contributed by atoms with Gasteiger partial charge in [-0.15, -0.1) is 0 Å². The Kier molecular flexibility index (Phi) is 2.33. The maximum atomic E-state index is 5.82. The fourth-order valence-corrected chi connectivity index (χ4v) is 1.97. The van der Waals surface area contributed by atoms with Gasteiger partial charge < -0.3 is 15.0 Å². The summed E-state index contributed by atoms with van der Waals surface area (Å²) in [7, 11) is 0. The molecule has 2 aromatic rings. The second-order valence-electron chi connectivity index (χ2n) is 4.30. The largest absolute Gasteiger partial charge is 0.488 e. The fraction of sp³-hybridized carbons (Fsp3) is 0.385. The average Bonchev–Trinajstić information content (AvgIpc) is 2.65. The van der Waals surface area contributed by atoms with Crippen molar-refractivity contribution in [3.8, 4) is 5.75 Å². The van der Waals surface area contributed by atoms with E-state index in [2.05, 4.69) is 35.4 Å². The lowest BCUT2D eigenvalue weighted by molar-refractivity contribution is 0.142. The third-order valence-corrected chi connectivity index (χ3v) is 3.08. The van der Waals surface area contributed by atoms with E-state index < -0.39 is 0 Å². The summed E-state index contributed by atoms with van der Waals surface area (Å²) in [4.78, 5) is 3.39. The number of ether oxygens (including phenoxy) is 1. The van der Waals surface area contributed by atoms with Crippen LogP contribution in [0.25, 0.3) is 10.9 Å². The molecule has 3 rings (SSSR count). The van der Waals surface area contributed by atoms with Gasteiger partial charge in [-0.05, 0) is 30.7 Å². The molecule has 2 N–H and O–H groups in total. The number of hydrogen-bond acceptors (Lipinski definition) is 2. The quantitative estimate of drug-likeness (QED) is 0.824.